The predicted octanol–water partition coefficient (Wildman–Crippen LogP) is 2.94. The SMILES string of the molecule is CCNC(=O)[C@@H](C)NC(=O)C(C)(C)c1ccc2nc([C@@H](NC(=O)c3ccnn3C)[C@]3(/C=[SiH]/C)c4ccccc4OCC3C)[nH]c2c1. The second-order valence-electron chi connectivity index (χ2n) is 12.5. The van der Waals surface area contributed by atoms with Crippen molar-refractivity contribution in [3.05, 3.63) is 77.4 Å². The number of ether oxygens (including phenoxy) is 1. The molecule has 0 fully saturated rings. The number of H-pyrrole nitrogens is 1. The second-order valence-corrected chi connectivity index (χ2v) is 13.5. The third-order valence-corrected chi connectivity index (χ3v) is 9.95. The van der Waals surface area contributed by atoms with Crippen LogP contribution in [0.1, 0.15) is 68.1 Å². The van der Waals surface area contributed by atoms with Gasteiger partial charge in [-0.1, -0.05) is 43.4 Å². The molecule has 0 aliphatic carbocycles. The van der Waals surface area contributed by atoms with Crippen molar-refractivity contribution in [2.24, 2.45) is 13.0 Å². The standard InChI is InChI=1S/C34H43N7O4Si/c1-8-35-30(42)21(3)37-32(44)33(4,5)22-13-14-24-25(17-22)39-29(38-24)28(40-31(43)26-15-16-36-41(26)6)34(19-46-7)20(2)18-45-27-12-10-9-11-23(27)34/h9-17,19-21,28,46H,8,18H2,1-7H3,(H,35,42)(H,37,44)(H,38,39)(H,40,43)/b46-19+/t20?,21-,28-,34+/m1/s1. The number of aromatic nitrogens is 4. The number of hydrogen-bond acceptors (Lipinski definition) is 6. The molecule has 2 aromatic carbocycles. The highest BCUT2D eigenvalue weighted by atomic mass is 28.2. The lowest BCUT2D eigenvalue weighted by molar-refractivity contribution is -0.131. The van der Waals surface area contributed by atoms with Crippen molar-refractivity contribution in [3.8, 4) is 5.75 Å². The third-order valence-electron chi connectivity index (χ3n) is 9.06. The highest BCUT2D eigenvalue weighted by Gasteiger charge is 2.50. The van der Waals surface area contributed by atoms with Crippen molar-refractivity contribution in [1.29, 1.82) is 0 Å². The maximum atomic E-state index is 13.8. The van der Waals surface area contributed by atoms with Gasteiger partial charge in [-0.05, 0) is 66.7 Å². The highest BCUT2D eigenvalue weighted by molar-refractivity contribution is 6.47. The number of aryl methyl sites for hydroxylation is 1. The molecule has 0 saturated heterocycles. The maximum absolute atomic E-state index is 13.8. The van der Waals surface area contributed by atoms with Crippen molar-refractivity contribution >= 4 is 43.6 Å². The normalized spacial score (nSPS) is 19.2. The van der Waals surface area contributed by atoms with Crippen LogP contribution in [0.5, 0.6) is 5.75 Å². The number of likely N-dealkylation sites (N-methyl/N-ethyl adjacent to an activating group) is 1. The van der Waals surface area contributed by atoms with E-state index in [0.29, 0.717) is 30.2 Å². The summed E-state index contributed by atoms with van der Waals surface area (Å²) < 4.78 is 7.73. The lowest BCUT2D eigenvalue weighted by Crippen LogP contribution is -2.53. The lowest BCUT2D eigenvalue weighted by Gasteiger charge is -2.46. The number of carbonyl (C=O) groups excluding carboxylic acids is 3. The molecule has 2 aromatic heterocycles. The van der Waals surface area contributed by atoms with E-state index in [1.165, 1.54) is 0 Å². The zero-order chi connectivity index (χ0) is 33.2. The first-order chi connectivity index (χ1) is 21.9. The smallest absolute Gasteiger partial charge is 0.270 e. The van der Waals surface area contributed by atoms with Crippen LogP contribution in [0.3, 0.4) is 0 Å². The molecule has 4 atom stereocenters. The molecule has 3 heterocycles. The summed E-state index contributed by atoms with van der Waals surface area (Å²) in [6.07, 6.45) is 1.60. The Morgan fingerprint density at radius 1 is 1.20 bits per heavy atom. The van der Waals surface area contributed by atoms with Gasteiger partial charge in [0.1, 0.15) is 29.4 Å². The van der Waals surface area contributed by atoms with Gasteiger partial charge < -0.3 is 25.7 Å². The van der Waals surface area contributed by atoms with Crippen molar-refractivity contribution in [1.82, 2.24) is 35.7 Å². The summed E-state index contributed by atoms with van der Waals surface area (Å²) in [6.45, 7) is 12.5. The number of carbonyl (C=O) groups is 3. The van der Waals surface area contributed by atoms with Gasteiger partial charge in [0, 0.05) is 36.7 Å². The van der Waals surface area contributed by atoms with E-state index >= 15 is 0 Å². The van der Waals surface area contributed by atoms with Crippen LogP contribution >= 0.6 is 0 Å². The molecule has 0 saturated carbocycles. The molecular weight excluding hydrogens is 599 g/mol. The third kappa shape index (κ3) is 5.89. The van der Waals surface area contributed by atoms with Crippen LogP contribution < -0.4 is 20.7 Å². The number of nitrogens with zero attached hydrogens (tertiary/aromatic N) is 3. The van der Waals surface area contributed by atoms with Gasteiger partial charge in [-0.25, -0.2) is 4.98 Å². The Morgan fingerprint density at radius 2 is 1.96 bits per heavy atom. The average Bonchev–Trinajstić information content (AvgIpc) is 3.67. The minimum Gasteiger partial charge on any atom is -0.493 e. The van der Waals surface area contributed by atoms with Gasteiger partial charge in [0.2, 0.25) is 11.8 Å². The first-order valence-corrected chi connectivity index (χ1v) is 17.5. The fourth-order valence-electron chi connectivity index (χ4n) is 6.31. The fourth-order valence-corrected chi connectivity index (χ4v) is 7.56. The molecule has 3 amide bonds. The van der Waals surface area contributed by atoms with E-state index in [2.05, 4.69) is 51.2 Å². The van der Waals surface area contributed by atoms with Crippen LogP contribution in [0.2, 0.25) is 6.55 Å². The first-order valence-electron chi connectivity index (χ1n) is 15.7. The van der Waals surface area contributed by atoms with E-state index < -0.39 is 22.9 Å². The Bertz CT molecular complexity index is 1790. The van der Waals surface area contributed by atoms with Gasteiger partial charge in [0.05, 0.1) is 23.1 Å². The monoisotopic (exact) mass is 641 g/mol. The van der Waals surface area contributed by atoms with Gasteiger partial charge >= 0.3 is 0 Å². The molecule has 1 unspecified atom stereocenters. The lowest BCUT2D eigenvalue weighted by atomic mass is 9.65. The molecule has 11 nitrogen and oxygen atoms in total. The molecule has 46 heavy (non-hydrogen) atoms. The van der Waals surface area contributed by atoms with Gasteiger partial charge in [0.25, 0.3) is 5.91 Å². The summed E-state index contributed by atoms with van der Waals surface area (Å²) in [5.41, 5.74) is 4.41. The summed E-state index contributed by atoms with van der Waals surface area (Å²) in [4.78, 5) is 48.1. The van der Waals surface area contributed by atoms with E-state index in [-0.39, 0.29) is 32.8 Å². The summed E-state index contributed by atoms with van der Waals surface area (Å²) in [6, 6.07) is 14.1. The molecule has 4 aromatic rings. The number of hydrogen-bond donors (Lipinski definition) is 4. The molecule has 1 aliphatic rings. The molecule has 0 radical (unpaired) electrons. The van der Waals surface area contributed by atoms with Gasteiger partial charge in [-0.3, -0.25) is 19.1 Å². The van der Waals surface area contributed by atoms with Crippen LogP contribution in [0, 0.1) is 5.92 Å². The number of benzene rings is 2. The van der Waals surface area contributed by atoms with Crippen LogP contribution in [-0.4, -0.2) is 71.5 Å². The minimum absolute atomic E-state index is 0.00462. The Kier molecular flexibility index (Phi) is 9.29. The van der Waals surface area contributed by atoms with Gasteiger partial charge in [-0.15, -0.1) is 0 Å². The zero-order valence-corrected chi connectivity index (χ0v) is 28.6. The summed E-state index contributed by atoms with van der Waals surface area (Å²) in [5, 5.41) is 13.1. The summed E-state index contributed by atoms with van der Waals surface area (Å²) >= 11 is 0. The predicted molar refractivity (Wildman–Crippen MR) is 181 cm³/mol. The quantitative estimate of drug-likeness (QED) is 0.196. The molecule has 5 rings (SSSR count). The number of fused-ring (bicyclic) bond motifs is 2. The minimum atomic E-state index is -0.942. The van der Waals surface area contributed by atoms with Crippen molar-refractivity contribution in [2.75, 3.05) is 13.2 Å². The van der Waals surface area contributed by atoms with Crippen molar-refractivity contribution < 1.29 is 19.1 Å². The Balaban J connectivity index is 1.60. The van der Waals surface area contributed by atoms with Crippen LogP contribution in [-0.2, 0) is 27.5 Å². The summed E-state index contributed by atoms with van der Waals surface area (Å²) in [7, 11) is 1.65. The highest BCUT2D eigenvalue weighted by Crippen LogP contribution is 2.48. The molecule has 0 bridgehead atoms. The Morgan fingerprint density at radius 3 is 2.65 bits per heavy atom. The fraction of sp³-hybridized carbons (Fsp3) is 0.412. The first kappa shape index (κ1) is 32.8. The molecule has 1 aliphatic heterocycles. The van der Waals surface area contributed by atoms with Gasteiger partial charge in [0.15, 0.2) is 0 Å². The number of imidazole rings is 1. The van der Waals surface area contributed by atoms with E-state index in [1.807, 2.05) is 57.2 Å². The number of nitrogens with one attached hydrogen (secondary N) is 4. The molecule has 242 valence electrons. The maximum Gasteiger partial charge on any atom is 0.270 e. The molecular formula is C34H43N7O4Si. The zero-order valence-electron chi connectivity index (χ0n) is 27.5. The number of para-hydroxylation sites is 1. The Labute approximate surface area is 271 Å². The molecule has 4 N–H and O–H groups in total. The van der Waals surface area contributed by atoms with E-state index in [9.17, 15) is 14.4 Å². The van der Waals surface area contributed by atoms with Crippen molar-refractivity contribution in [3.63, 3.8) is 0 Å². The number of rotatable bonds is 10. The topological polar surface area (TPSA) is 143 Å². The largest absolute Gasteiger partial charge is 0.493 e. The Hall–Kier alpha value is -4.58. The number of aromatic amines is 1. The van der Waals surface area contributed by atoms with E-state index in [1.54, 1.807) is 30.9 Å². The average molecular weight is 642 g/mol. The molecule has 0 spiro atoms. The summed E-state index contributed by atoms with van der Waals surface area (Å²) in [5.74, 6) is 0.631. The second kappa shape index (κ2) is 13.0. The van der Waals surface area contributed by atoms with E-state index in [0.717, 1.165) is 22.4 Å². The van der Waals surface area contributed by atoms with Crippen LogP contribution in [0.4, 0.5) is 0 Å². The van der Waals surface area contributed by atoms with Gasteiger partial charge in [-0.2, -0.15) is 5.10 Å². The molecule has 12 heteroatoms. The van der Waals surface area contributed by atoms with Crippen LogP contribution in [0.15, 0.2) is 54.7 Å². The van der Waals surface area contributed by atoms with Crippen molar-refractivity contribution in [2.45, 2.75) is 64.1 Å². The number of amides is 3. The van der Waals surface area contributed by atoms with Crippen LogP contribution in [0.25, 0.3) is 11.0 Å². The van der Waals surface area contributed by atoms with E-state index in [4.69, 9.17) is 9.72 Å².